The summed E-state index contributed by atoms with van der Waals surface area (Å²) >= 11 is 0. The predicted molar refractivity (Wildman–Crippen MR) is 62.5 cm³/mol. The van der Waals surface area contributed by atoms with E-state index in [1.54, 1.807) is 11.8 Å². The molecular formula is C12H20N2O3. The highest BCUT2D eigenvalue weighted by Crippen LogP contribution is 2.22. The van der Waals surface area contributed by atoms with Crippen LogP contribution in [-0.2, 0) is 9.53 Å². The lowest BCUT2D eigenvalue weighted by molar-refractivity contribution is -0.126. The number of carbonyl (C=O) groups excluding carboxylic acids is 2. The standard InChI is InChI=1S/C12H20N2O3/c1-2-17-12(16)14-7-3-4-9(8-14)11(15)13-10-5-6-10/h9-10H,2-8H2,1H3,(H,13,15). The fourth-order valence-corrected chi connectivity index (χ4v) is 2.12. The minimum Gasteiger partial charge on any atom is -0.450 e. The number of nitrogens with zero attached hydrogens (tertiary/aromatic N) is 1. The van der Waals surface area contributed by atoms with Crippen molar-refractivity contribution in [3.05, 3.63) is 0 Å². The Morgan fingerprint density at radius 1 is 1.35 bits per heavy atom. The molecule has 96 valence electrons. The minimum atomic E-state index is -0.295. The number of ether oxygens (including phenoxy) is 1. The third kappa shape index (κ3) is 3.35. The van der Waals surface area contributed by atoms with Gasteiger partial charge in [0.15, 0.2) is 0 Å². The second-order valence-corrected chi connectivity index (χ2v) is 4.77. The van der Waals surface area contributed by atoms with Gasteiger partial charge >= 0.3 is 6.09 Å². The van der Waals surface area contributed by atoms with Crippen LogP contribution in [0.5, 0.6) is 0 Å². The van der Waals surface area contributed by atoms with E-state index in [9.17, 15) is 9.59 Å². The maximum Gasteiger partial charge on any atom is 0.409 e. The van der Waals surface area contributed by atoms with Gasteiger partial charge in [0, 0.05) is 19.1 Å². The molecule has 0 aromatic rings. The van der Waals surface area contributed by atoms with Gasteiger partial charge in [0.1, 0.15) is 0 Å². The Morgan fingerprint density at radius 3 is 2.76 bits per heavy atom. The van der Waals surface area contributed by atoms with Gasteiger partial charge in [0.2, 0.25) is 5.91 Å². The van der Waals surface area contributed by atoms with Gasteiger partial charge in [-0.3, -0.25) is 4.79 Å². The molecule has 5 heteroatoms. The van der Waals surface area contributed by atoms with Crippen molar-refractivity contribution in [1.29, 1.82) is 0 Å². The zero-order valence-electron chi connectivity index (χ0n) is 10.3. The van der Waals surface area contributed by atoms with Crippen molar-refractivity contribution in [2.75, 3.05) is 19.7 Å². The molecule has 1 saturated carbocycles. The second-order valence-electron chi connectivity index (χ2n) is 4.77. The number of hydrogen-bond acceptors (Lipinski definition) is 3. The molecule has 1 aliphatic heterocycles. The first-order chi connectivity index (χ1) is 8.20. The molecule has 2 aliphatic rings. The smallest absolute Gasteiger partial charge is 0.409 e. The van der Waals surface area contributed by atoms with E-state index >= 15 is 0 Å². The van der Waals surface area contributed by atoms with Crippen molar-refractivity contribution in [1.82, 2.24) is 10.2 Å². The Morgan fingerprint density at radius 2 is 2.12 bits per heavy atom. The Kier molecular flexibility index (Phi) is 3.86. The summed E-state index contributed by atoms with van der Waals surface area (Å²) in [5.74, 6) is 0.0373. The number of likely N-dealkylation sites (tertiary alicyclic amines) is 1. The molecule has 1 saturated heterocycles. The lowest BCUT2D eigenvalue weighted by Gasteiger charge is -2.31. The topological polar surface area (TPSA) is 58.6 Å². The van der Waals surface area contributed by atoms with E-state index in [2.05, 4.69) is 5.32 Å². The van der Waals surface area contributed by atoms with Gasteiger partial charge in [-0.15, -0.1) is 0 Å². The van der Waals surface area contributed by atoms with Crippen molar-refractivity contribution in [3.8, 4) is 0 Å². The van der Waals surface area contributed by atoms with E-state index in [1.807, 2.05) is 0 Å². The SMILES string of the molecule is CCOC(=O)N1CCCC(C(=O)NC2CC2)C1. The maximum atomic E-state index is 11.9. The molecule has 17 heavy (non-hydrogen) atoms. The molecule has 2 rings (SSSR count). The number of piperidine rings is 1. The van der Waals surface area contributed by atoms with Gasteiger partial charge < -0.3 is 15.0 Å². The van der Waals surface area contributed by atoms with Gasteiger partial charge in [0.25, 0.3) is 0 Å². The molecule has 0 aromatic carbocycles. The zero-order chi connectivity index (χ0) is 12.3. The van der Waals surface area contributed by atoms with E-state index in [0.29, 0.717) is 25.7 Å². The predicted octanol–water partition coefficient (Wildman–Crippen LogP) is 1.13. The maximum absolute atomic E-state index is 11.9. The Balaban J connectivity index is 1.82. The van der Waals surface area contributed by atoms with Crippen LogP contribution >= 0.6 is 0 Å². The highest BCUT2D eigenvalue weighted by Gasteiger charge is 2.32. The van der Waals surface area contributed by atoms with Gasteiger partial charge in [-0.05, 0) is 32.6 Å². The zero-order valence-corrected chi connectivity index (χ0v) is 10.3. The van der Waals surface area contributed by atoms with Crippen LogP contribution in [0.4, 0.5) is 4.79 Å². The first kappa shape index (κ1) is 12.2. The van der Waals surface area contributed by atoms with Crippen LogP contribution in [0.3, 0.4) is 0 Å². The van der Waals surface area contributed by atoms with Crippen LogP contribution in [0.1, 0.15) is 32.6 Å². The van der Waals surface area contributed by atoms with E-state index in [1.165, 1.54) is 0 Å². The number of hydrogen-bond donors (Lipinski definition) is 1. The minimum absolute atomic E-state index is 0.0613. The summed E-state index contributed by atoms with van der Waals surface area (Å²) in [6, 6.07) is 0.389. The average molecular weight is 240 g/mol. The molecule has 2 fully saturated rings. The summed E-state index contributed by atoms with van der Waals surface area (Å²) in [7, 11) is 0. The highest BCUT2D eigenvalue weighted by molar-refractivity contribution is 5.80. The third-order valence-corrected chi connectivity index (χ3v) is 3.24. The molecule has 1 N–H and O–H groups in total. The van der Waals surface area contributed by atoms with Crippen LogP contribution in [0.2, 0.25) is 0 Å². The summed E-state index contributed by atoms with van der Waals surface area (Å²) in [5.41, 5.74) is 0. The Bertz CT molecular complexity index is 302. The van der Waals surface area contributed by atoms with E-state index in [4.69, 9.17) is 4.74 Å². The molecule has 0 bridgehead atoms. The van der Waals surface area contributed by atoms with Crippen molar-refractivity contribution in [2.24, 2.45) is 5.92 Å². The molecule has 1 atom stereocenters. The second kappa shape index (κ2) is 5.38. The highest BCUT2D eigenvalue weighted by atomic mass is 16.6. The van der Waals surface area contributed by atoms with Gasteiger partial charge in [-0.1, -0.05) is 0 Å². The molecule has 1 unspecified atom stereocenters. The van der Waals surface area contributed by atoms with Crippen molar-refractivity contribution >= 4 is 12.0 Å². The summed E-state index contributed by atoms with van der Waals surface area (Å²) < 4.78 is 4.96. The quantitative estimate of drug-likeness (QED) is 0.804. The van der Waals surface area contributed by atoms with Crippen LogP contribution in [0.25, 0.3) is 0 Å². The first-order valence-corrected chi connectivity index (χ1v) is 6.42. The normalized spacial score (nSPS) is 24.3. The molecule has 2 amide bonds. The summed E-state index contributed by atoms with van der Waals surface area (Å²) in [4.78, 5) is 25.1. The molecular weight excluding hydrogens is 220 g/mol. The summed E-state index contributed by atoms with van der Waals surface area (Å²) in [6.07, 6.45) is 3.65. The number of carbonyl (C=O) groups is 2. The van der Waals surface area contributed by atoms with Crippen LogP contribution in [0, 0.1) is 5.92 Å². The summed E-state index contributed by atoms with van der Waals surface area (Å²) in [6.45, 7) is 3.37. The largest absolute Gasteiger partial charge is 0.450 e. The molecule has 0 aromatic heterocycles. The van der Waals surface area contributed by atoms with Crippen molar-refractivity contribution < 1.29 is 14.3 Å². The van der Waals surface area contributed by atoms with Gasteiger partial charge in [-0.2, -0.15) is 0 Å². The van der Waals surface area contributed by atoms with E-state index in [-0.39, 0.29) is 17.9 Å². The fraction of sp³-hybridized carbons (Fsp3) is 0.833. The molecule has 1 aliphatic carbocycles. The first-order valence-electron chi connectivity index (χ1n) is 6.42. The average Bonchev–Trinajstić information content (AvgIpc) is 3.13. The lowest BCUT2D eigenvalue weighted by Crippen LogP contribution is -2.46. The number of rotatable bonds is 3. The number of nitrogens with one attached hydrogen (secondary N) is 1. The van der Waals surface area contributed by atoms with Gasteiger partial charge in [-0.25, -0.2) is 4.79 Å². The molecule has 0 radical (unpaired) electrons. The van der Waals surface area contributed by atoms with Crippen LogP contribution in [0.15, 0.2) is 0 Å². The monoisotopic (exact) mass is 240 g/mol. The Labute approximate surface area is 101 Å². The lowest BCUT2D eigenvalue weighted by atomic mass is 9.97. The van der Waals surface area contributed by atoms with Crippen LogP contribution < -0.4 is 5.32 Å². The fourth-order valence-electron chi connectivity index (χ4n) is 2.12. The van der Waals surface area contributed by atoms with Crippen molar-refractivity contribution in [2.45, 2.75) is 38.6 Å². The van der Waals surface area contributed by atoms with E-state index in [0.717, 1.165) is 25.7 Å². The summed E-state index contributed by atoms with van der Waals surface area (Å²) in [5, 5.41) is 3.00. The number of amides is 2. The van der Waals surface area contributed by atoms with E-state index < -0.39 is 0 Å². The van der Waals surface area contributed by atoms with Gasteiger partial charge in [0.05, 0.1) is 12.5 Å². The molecule has 5 nitrogen and oxygen atoms in total. The molecule has 0 spiro atoms. The molecule has 1 heterocycles. The Hall–Kier alpha value is -1.26. The van der Waals surface area contributed by atoms with Crippen molar-refractivity contribution in [3.63, 3.8) is 0 Å². The third-order valence-electron chi connectivity index (χ3n) is 3.24. The van der Waals surface area contributed by atoms with Crippen LogP contribution in [-0.4, -0.2) is 42.6 Å².